The number of alkyl halides is 1. The van der Waals surface area contributed by atoms with Crippen molar-refractivity contribution in [2.24, 2.45) is 0 Å². The van der Waals surface area contributed by atoms with Crippen molar-refractivity contribution >= 4 is 34.5 Å². The highest BCUT2D eigenvalue weighted by Crippen LogP contribution is 2.27. The molecule has 2 rings (SSSR count). The minimum atomic E-state index is -0.149. The Labute approximate surface area is 115 Å². The first-order valence-electron chi connectivity index (χ1n) is 5.54. The Kier molecular flexibility index (Phi) is 3.99. The monoisotopic (exact) mass is 280 g/mol. The smallest absolute Gasteiger partial charge is 0.267 e. The fourth-order valence-electron chi connectivity index (χ4n) is 1.66. The van der Waals surface area contributed by atoms with Gasteiger partial charge in [0.2, 0.25) is 0 Å². The van der Waals surface area contributed by atoms with E-state index >= 15 is 0 Å². The number of carbonyl (C=O) groups excluding carboxylic acids is 1. The molecule has 0 bridgehead atoms. The maximum atomic E-state index is 12.1. The lowest BCUT2D eigenvalue weighted by Crippen LogP contribution is -2.13. The van der Waals surface area contributed by atoms with Gasteiger partial charge in [-0.2, -0.15) is 0 Å². The van der Waals surface area contributed by atoms with E-state index in [1.54, 1.807) is 5.51 Å². The van der Waals surface area contributed by atoms with E-state index < -0.39 is 0 Å². The van der Waals surface area contributed by atoms with Crippen LogP contribution in [-0.2, 0) is 0 Å². The van der Waals surface area contributed by atoms with Gasteiger partial charge in [0, 0.05) is 5.69 Å². The number of hydrogen-bond donors (Lipinski definition) is 1. The van der Waals surface area contributed by atoms with Crippen LogP contribution < -0.4 is 5.32 Å². The number of anilines is 1. The highest BCUT2D eigenvalue weighted by Gasteiger charge is 2.14. The van der Waals surface area contributed by atoms with Crippen molar-refractivity contribution < 1.29 is 4.79 Å². The molecule has 1 aromatic carbocycles. The first-order valence-corrected chi connectivity index (χ1v) is 6.85. The van der Waals surface area contributed by atoms with Gasteiger partial charge in [-0.05, 0) is 25.5 Å². The van der Waals surface area contributed by atoms with Crippen LogP contribution in [0.15, 0.2) is 29.8 Å². The predicted octanol–water partition coefficient (Wildman–Crippen LogP) is 4.00. The van der Waals surface area contributed by atoms with Crippen molar-refractivity contribution in [2.45, 2.75) is 19.2 Å². The summed E-state index contributed by atoms with van der Waals surface area (Å²) in [6.45, 7) is 3.70. The fourth-order valence-corrected chi connectivity index (χ4v) is 2.54. The molecule has 0 saturated heterocycles. The molecule has 94 valence electrons. The van der Waals surface area contributed by atoms with E-state index in [-0.39, 0.29) is 11.3 Å². The normalized spacial score (nSPS) is 12.2. The van der Waals surface area contributed by atoms with Crippen LogP contribution in [0.1, 0.15) is 33.2 Å². The van der Waals surface area contributed by atoms with Crippen LogP contribution >= 0.6 is 22.9 Å². The van der Waals surface area contributed by atoms with Crippen molar-refractivity contribution in [1.82, 2.24) is 4.98 Å². The Bertz CT molecular complexity index is 566. The number of rotatable bonds is 3. The van der Waals surface area contributed by atoms with Gasteiger partial charge in [-0.25, -0.2) is 4.98 Å². The molecule has 0 spiro atoms. The third-order valence-corrected chi connectivity index (χ3v) is 3.75. The highest BCUT2D eigenvalue weighted by molar-refractivity contribution is 7.12. The second-order valence-corrected chi connectivity index (χ2v) is 5.43. The molecule has 0 aliphatic rings. The van der Waals surface area contributed by atoms with E-state index in [1.807, 2.05) is 38.1 Å². The third kappa shape index (κ3) is 2.71. The summed E-state index contributed by atoms with van der Waals surface area (Å²) in [4.78, 5) is 16.8. The first-order chi connectivity index (χ1) is 8.59. The van der Waals surface area contributed by atoms with Gasteiger partial charge in [-0.3, -0.25) is 4.79 Å². The fraction of sp³-hybridized carbons (Fsp3) is 0.231. The molecule has 3 nitrogen and oxygen atoms in total. The van der Waals surface area contributed by atoms with E-state index in [9.17, 15) is 4.79 Å². The third-order valence-electron chi connectivity index (χ3n) is 2.59. The van der Waals surface area contributed by atoms with Crippen LogP contribution in [0.3, 0.4) is 0 Å². The second kappa shape index (κ2) is 5.50. The standard InChI is InChI=1S/C13H13ClN2OS/c1-8(14)10-5-3-4-6-11(10)16-13(17)12-9(2)15-7-18-12/h3-8H,1-2H3,(H,16,17). The molecule has 1 amide bonds. The Hall–Kier alpha value is -1.39. The molecule has 1 atom stereocenters. The Morgan fingerprint density at radius 2 is 2.17 bits per heavy atom. The number of nitrogens with one attached hydrogen (secondary N) is 1. The van der Waals surface area contributed by atoms with Crippen molar-refractivity contribution in [3.63, 3.8) is 0 Å². The van der Waals surface area contributed by atoms with E-state index in [0.29, 0.717) is 4.88 Å². The number of nitrogens with zero attached hydrogens (tertiary/aromatic N) is 1. The molecule has 0 aliphatic heterocycles. The van der Waals surface area contributed by atoms with Gasteiger partial charge in [0.25, 0.3) is 5.91 Å². The summed E-state index contributed by atoms with van der Waals surface area (Å²) in [5, 5.41) is 2.73. The molecule has 1 aromatic heterocycles. The summed E-state index contributed by atoms with van der Waals surface area (Å²) < 4.78 is 0. The van der Waals surface area contributed by atoms with Crippen LogP contribution in [0, 0.1) is 6.92 Å². The molecular formula is C13H13ClN2OS. The topological polar surface area (TPSA) is 42.0 Å². The zero-order valence-electron chi connectivity index (χ0n) is 10.1. The summed E-state index contributed by atoms with van der Waals surface area (Å²) in [6.07, 6.45) is 0. The molecule has 0 saturated carbocycles. The average Bonchev–Trinajstić information content (AvgIpc) is 2.76. The number of aryl methyl sites for hydroxylation is 1. The Balaban J connectivity index is 2.25. The lowest BCUT2D eigenvalue weighted by Gasteiger charge is -2.11. The largest absolute Gasteiger partial charge is 0.321 e. The van der Waals surface area contributed by atoms with E-state index in [4.69, 9.17) is 11.6 Å². The van der Waals surface area contributed by atoms with Crippen molar-refractivity contribution in [3.05, 3.63) is 45.9 Å². The molecule has 18 heavy (non-hydrogen) atoms. The first kappa shape index (κ1) is 13.1. The van der Waals surface area contributed by atoms with Crippen LogP contribution in [0.4, 0.5) is 5.69 Å². The SMILES string of the molecule is Cc1ncsc1C(=O)Nc1ccccc1C(C)Cl. The lowest BCUT2D eigenvalue weighted by atomic mass is 10.1. The molecule has 0 aliphatic carbocycles. The maximum absolute atomic E-state index is 12.1. The van der Waals surface area contributed by atoms with Crippen LogP contribution in [-0.4, -0.2) is 10.9 Å². The molecule has 2 aromatic rings. The van der Waals surface area contributed by atoms with Gasteiger partial charge in [0.15, 0.2) is 0 Å². The molecule has 5 heteroatoms. The summed E-state index contributed by atoms with van der Waals surface area (Å²) in [7, 11) is 0. The number of carbonyl (C=O) groups is 1. The molecule has 1 unspecified atom stereocenters. The molecule has 0 radical (unpaired) electrons. The highest BCUT2D eigenvalue weighted by atomic mass is 35.5. The van der Waals surface area contributed by atoms with Gasteiger partial charge in [0.1, 0.15) is 4.88 Å². The van der Waals surface area contributed by atoms with E-state index in [0.717, 1.165) is 16.9 Å². The number of hydrogen-bond acceptors (Lipinski definition) is 3. The molecule has 0 fully saturated rings. The number of amides is 1. The second-order valence-electron chi connectivity index (χ2n) is 3.92. The average molecular weight is 281 g/mol. The van der Waals surface area contributed by atoms with Gasteiger partial charge >= 0.3 is 0 Å². The summed E-state index contributed by atoms with van der Waals surface area (Å²) >= 11 is 7.42. The van der Waals surface area contributed by atoms with E-state index in [2.05, 4.69) is 10.3 Å². The number of benzene rings is 1. The lowest BCUT2D eigenvalue weighted by molar-refractivity contribution is 0.102. The van der Waals surface area contributed by atoms with Gasteiger partial charge in [-0.15, -0.1) is 22.9 Å². The summed E-state index contributed by atoms with van der Waals surface area (Å²) in [5.41, 5.74) is 4.07. The minimum Gasteiger partial charge on any atom is -0.321 e. The minimum absolute atomic E-state index is 0.139. The predicted molar refractivity (Wildman–Crippen MR) is 75.5 cm³/mol. The molecular weight excluding hydrogens is 268 g/mol. The number of halogens is 1. The summed E-state index contributed by atoms with van der Waals surface area (Å²) in [6, 6.07) is 7.54. The van der Waals surface area contributed by atoms with Crippen LogP contribution in [0.25, 0.3) is 0 Å². The molecule has 1 N–H and O–H groups in total. The zero-order valence-corrected chi connectivity index (χ0v) is 11.7. The van der Waals surface area contributed by atoms with Crippen LogP contribution in [0.5, 0.6) is 0 Å². The van der Waals surface area contributed by atoms with Crippen molar-refractivity contribution in [3.8, 4) is 0 Å². The number of aromatic nitrogens is 1. The molecule has 1 heterocycles. The number of para-hydroxylation sites is 1. The zero-order chi connectivity index (χ0) is 13.1. The maximum Gasteiger partial charge on any atom is 0.267 e. The summed E-state index contributed by atoms with van der Waals surface area (Å²) in [5.74, 6) is -0.139. The van der Waals surface area contributed by atoms with Gasteiger partial charge in [0.05, 0.1) is 16.6 Å². The van der Waals surface area contributed by atoms with E-state index in [1.165, 1.54) is 11.3 Å². The van der Waals surface area contributed by atoms with Crippen LogP contribution in [0.2, 0.25) is 0 Å². The Morgan fingerprint density at radius 1 is 1.44 bits per heavy atom. The number of thiazole rings is 1. The van der Waals surface area contributed by atoms with Gasteiger partial charge in [-0.1, -0.05) is 18.2 Å². The Morgan fingerprint density at radius 3 is 2.78 bits per heavy atom. The van der Waals surface area contributed by atoms with Crippen molar-refractivity contribution in [2.75, 3.05) is 5.32 Å². The van der Waals surface area contributed by atoms with Gasteiger partial charge < -0.3 is 5.32 Å². The quantitative estimate of drug-likeness (QED) is 0.864. The van der Waals surface area contributed by atoms with Crippen molar-refractivity contribution in [1.29, 1.82) is 0 Å².